The van der Waals surface area contributed by atoms with Crippen molar-refractivity contribution in [1.82, 2.24) is 9.80 Å². The van der Waals surface area contributed by atoms with Gasteiger partial charge in [-0.2, -0.15) is 0 Å². The van der Waals surface area contributed by atoms with Crippen molar-refractivity contribution in [3.05, 3.63) is 0 Å². The third-order valence-corrected chi connectivity index (χ3v) is 1.41. The first-order valence-corrected chi connectivity index (χ1v) is 5.58. The Bertz CT molecular complexity index is 152. The minimum absolute atomic E-state index is 0. The first-order valence-electron chi connectivity index (χ1n) is 5.58. The minimum atomic E-state index is -0.552. The summed E-state index contributed by atoms with van der Waals surface area (Å²) in [5.41, 5.74) is -1.10. The molecule has 0 aliphatic heterocycles. The quantitative estimate of drug-likeness (QED) is 0.796. The molecular weight excluding hydrogens is 295 g/mol. The molecule has 0 bridgehead atoms. The normalized spacial score (nSPS) is 12.0. The average molecular weight is 326 g/mol. The second kappa shape index (κ2) is 9.63. The Morgan fingerprint density at radius 3 is 0.882 bits per heavy atom. The van der Waals surface area contributed by atoms with E-state index in [1.807, 2.05) is 38.0 Å². The van der Waals surface area contributed by atoms with Gasteiger partial charge in [-0.25, -0.2) is 0 Å². The maximum Gasteiger partial charge on any atom is 0.0717 e. The molecule has 0 aliphatic rings. The van der Waals surface area contributed by atoms with E-state index >= 15 is 0 Å². The van der Waals surface area contributed by atoms with E-state index in [1.54, 1.807) is 27.7 Å². The van der Waals surface area contributed by atoms with Gasteiger partial charge >= 0.3 is 0 Å². The SMILES string of the molecule is CN(C)CC(C)(C)O.CN(C)CC(C)(C)O.[Zr]. The van der Waals surface area contributed by atoms with Crippen molar-refractivity contribution >= 4 is 0 Å². The van der Waals surface area contributed by atoms with E-state index in [1.165, 1.54) is 0 Å². The van der Waals surface area contributed by atoms with Crippen LogP contribution >= 0.6 is 0 Å². The van der Waals surface area contributed by atoms with E-state index in [4.69, 9.17) is 10.2 Å². The zero-order chi connectivity index (χ0) is 13.6. The van der Waals surface area contributed by atoms with Crippen molar-refractivity contribution in [1.29, 1.82) is 0 Å². The van der Waals surface area contributed by atoms with Gasteiger partial charge in [0.05, 0.1) is 11.2 Å². The largest absolute Gasteiger partial charge is 0.389 e. The molecule has 5 heteroatoms. The smallest absolute Gasteiger partial charge is 0.0717 e. The summed E-state index contributed by atoms with van der Waals surface area (Å²) in [5, 5.41) is 18.3. The van der Waals surface area contributed by atoms with Crippen LogP contribution in [0.15, 0.2) is 0 Å². The van der Waals surface area contributed by atoms with Gasteiger partial charge in [0, 0.05) is 39.3 Å². The van der Waals surface area contributed by atoms with Gasteiger partial charge in [0.15, 0.2) is 0 Å². The van der Waals surface area contributed by atoms with Crippen molar-refractivity contribution in [2.45, 2.75) is 38.9 Å². The molecule has 0 aromatic rings. The zero-order valence-electron chi connectivity index (χ0n) is 12.7. The molecule has 0 radical (unpaired) electrons. The summed E-state index contributed by atoms with van der Waals surface area (Å²) in [6.45, 7) is 8.62. The van der Waals surface area contributed by atoms with Crippen molar-refractivity contribution in [3.8, 4) is 0 Å². The molecule has 0 saturated heterocycles. The fraction of sp³-hybridized carbons (Fsp3) is 1.00. The van der Waals surface area contributed by atoms with Crippen LogP contribution in [0.2, 0.25) is 0 Å². The topological polar surface area (TPSA) is 46.9 Å². The Morgan fingerprint density at radius 1 is 0.706 bits per heavy atom. The number of likely N-dealkylation sites (N-methyl/N-ethyl adjacent to an activating group) is 2. The standard InChI is InChI=1S/2C6H15NO.Zr/c2*1-6(2,8)5-7(3)4;/h2*8H,5H2,1-4H3;. The van der Waals surface area contributed by atoms with E-state index in [2.05, 4.69) is 0 Å². The molecule has 2 N–H and O–H groups in total. The summed E-state index contributed by atoms with van der Waals surface area (Å²) in [6, 6.07) is 0. The van der Waals surface area contributed by atoms with Crippen LogP contribution in [0.25, 0.3) is 0 Å². The Kier molecular flexibility index (Phi) is 12.9. The second-order valence-electron chi connectivity index (χ2n) is 6.10. The fourth-order valence-corrected chi connectivity index (χ4v) is 1.55. The van der Waals surface area contributed by atoms with E-state index in [0.29, 0.717) is 13.1 Å². The zero-order valence-corrected chi connectivity index (χ0v) is 15.2. The molecule has 0 unspecified atom stereocenters. The van der Waals surface area contributed by atoms with E-state index in [0.717, 1.165) is 0 Å². The summed E-state index contributed by atoms with van der Waals surface area (Å²) in [6.07, 6.45) is 0. The minimum Gasteiger partial charge on any atom is -0.389 e. The van der Waals surface area contributed by atoms with Gasteiger partial charge in [-0.1, -0.05) is 0 Å². The van der Waals surface area contributed by atoms with Gasteiger partial charge in [0.1, 0.15) is 0 Å². The molecule has 0 fully saturated rings. The number of rotatable bonds is 4. The summed E-state index contributed by atoms with van der Waals surface area (Å²) < 4.78 is 0. The van der Waals surface area contributed by atoms with E-state index < -0.39 is 11.2 Å². The molecule has 0 aromatic carbocycles. The van der Waals surface area contributed by atoms with Gasteiger partial charge in [-0.3, -0.25) is 0 Å². The fourth-order valence-electron chi connectivity index (χ4n) is 1.55. The molecule has 0 atom stereocenters. The number of hydrogen-bond donors (Lipinski definition) is 2. The predicted molar refractivity (Wildman–Crippen MR) is 69.7 cm³/mol. The summed E-state index contributed by atoms with van der Waals surface area (Å²) >= 11 is 0. The molecule has 104 valence electrons. The molecule has 0 amide bonds. The van der Waals surface area contributed by atoms with E-state index in [9.17, 15) is 0 Å². The Labute approximate surface area is 126 Å². The maximum atomic E-state index is 9.15. The molecule has 0 heterocycles. The maximum absolute atomic E-state index is 9.15. The molecule has 0 saturated carbocycles. The Morgan fingerprint density at radius 2 is 0.882 bits per heavy atom. The number of aliphatic hydroxyl groups is 2. The monoisotopic (exact) mass is 324 g/mol. The molecule has 4 nitrogen and oxygen atoms in total. The van der Waals surface area contributed by atoms with Crippen LogP contribution in [0, 0.1) is 0 Å². The molecule has 0 aromatic heterocycles. The Balaban J connectivity index is -0.000000218. The van der Waals surface area contributed by atoms with Crippen LogP contribution in [0.1, 0.15) is 27.7 Å². The molecule has 0 spiro atoms. The van der Waals surface area contributed by atoms with Crippen LogP contribution in [-0.2, 0) is 26.2 Å². The number of nitrogens with zero attached hydrogens (tertiary/aromatic N) is 2. The van der Waals surface area contributed by atoms with Crippen LogP contribution in [-0.4, -0.2) is 72.5 Å². The molecular formula is C12H30N2O2Zr. The molecule has 0 aliphatic carbocycles. The van der Waals surface area contributed by atoms with E-state index in [-0.39, 0.29) is 26.2 Å². The predicted octanol–water partition coefficient (Wildman–Crippen LogP) is 0.635. The van der Waals surface area contributed by atoms with Crippen LogP contribution in [0.5, 0.6) is 0 Å². The average Bonchev–Trinajstić information content (AvgIpc) is 1.72. The third-order valence-electron chi connectivity index (χ3n) is 1.41. The summed E-state index contributed by atoms with van der Waals surface area (Å²) in [7, 11) is 7.77. The molecule has 0 rings (SSSR count). The van der Waals surface area contributed by atoms with Crippen LogP contribution in [0.4, 0.5) is 0 Å². The second-order valence-corrected chi connectivity index (χ2v) is 6.10. The third kappa shape index (κ3) is 31.5. The van der Waals surface area contributed by atoms with Gasteiger partial charge < -0.3 is 20.0 Å². The van der Waals surface area contributed by atoms with Gasteiger partial charge in [0.25, 0.3) is 0 Å². The molecule has 17 heavy (non-hydrogen) atoms. The first kappa shape index (κ1) is 22.9. The summed E-state index contributed by atoms with van der Waals surface area (Å²) in [4.78, 5) is 3.92. The Hall–Kier alpha value is 0.723. The summed E-state index contributed by atoms with van der Waals surface area (Å²) in [5.74, 6) is 0. The van der Waals surface area contributed by atoms with Crippen molar-refractivity contribution in [3.63, 3.8) is 0 Å². The van der Waals surface area contributed by atoms with Crippen molar-refractivity contribution < 1.29 is 36.4 Å². The van der Waals surface area contributed by atoms with Gasteiger partial charge in [-0.05, 0) is 55.9 Å². The van der Waals surface area contributed by atoms with Crippen LogP contribution in [0.3, 0.4) is 0 Å². The first-order chi connectivity index (χ1) is 6.83. The van der Waals surface area contributed by atoms with Crippen molar-refractivity contribution in [2.24, 2.45) is 0 Å². The van der Waals surface area contributed by atoms with Gasteiger partial charge in [0.2, 0.25) is 0 Å². The van der Waals surface area contributed by atoms with Crippen LogP contribution < -0.4 is 0 Å². The van der Waals surface area contributed by atoms with Crippen molar-refractivity contribution in [2.75, 3.05) is 41.3 Å². The number of hydrogen-bond acceptors (Lipinski definition) is 4. The van der Waals surface area contributed by atoms with Gasteiger partial charge in [-0.15, -0.1) is 0 Å².